The number of nitrogens with zero attached hydrogens (tertiary/aromatic N) is 1. The van der Waals surface area contributed by atoms with Gasteiger partial charge in [0.05, 0.1) is 6.61 Å². The van der Waals surface area contributed by atoms with Gasteiger partial charge in [-0.2, -0.15) is 0 Å². The van der Waals surface area contributed by atoms with Crippen molar-refractivity contribution in [3.63, 3.8) is 0 Å². The molecule has 1 atom stereocenters. The fraction of sp³-hybridized carbons (Fsp3) is 0.406. The minimum absolute atomic E-state index is 0.302. The zero-order valence-electron chi connectivity index (χ0n) is 25.1. The van der Waals surface area contributed by atoms with Crippen molar-refractivity contribution in [1.82, 2.24) is 0 Å². The van der Waals surface area contributed by atoms with E-state index in [4.69, 9.17) is 14.6 Å². The maximum absolute atomic E-state index is 12.7. The number of alkyl halides is 3. The van der Waals surface area contributed by atoms with Crippen LogP contribution in [0.25, 0.3) is 5.57 Å². The van der Waals surface area contributed by atoms with Gasteiger partial charge in [0.25, 0.3) is 0 Å². The van der Waals surface area contributed by atoms with E-state index in [1.54, 1.807) is 31.4 Å². The Balaban J connectivity index is 0.000000594. The number of anilines is 1. The predicted octanol–water partition coefficient (Wildman–Crippen LogP) is 8.28. The molecule has 0 radical (unpaired) electrons. The number of fused-ring (bicyclic) bond motifs is 1. The zero-order valence-corrected chi connectivity index (χ0v) is 25.1. The third-order valence-corrected chi connectivity index (χ3v) is 5.74. The van der Waals surface area contributed by atoms with Crippen molar-refractivity contribution in [2.75, 3.05) is 32.2 Å². The number of ether oxygens (including phenoxy) is 3. The lowest BCUT2D eigenvalue weighted by Crippen LogP contribution is -2.25. The van der Waals surface area contributed by atoms with E-state index >= 15 is 0 Å². The number of aliphatic carboxylic acids is 1. The maximum Gasteiger partial charge on any atom is 0.573 e. The van der Waals surface area contributed by atoms with Gasteiger partial charge in [0.15, 0.2) is 6.10 Å². The molecule has 0 aliphatic carbocycles. The highest BCUT2D eigenvalue weighted by molar-refractivity contribution is 5.91. The molecule has 9 heteroatoms. The number of halogens is 3. The molecular formula is C32H42F3NO5. The SMILES string of the molecule is CC.CC/C=C(C)\C=C/COC.CC1=C(c2cccc(O[C@@H](C)C(=O)O)c2)c2cc(OC(F)(F)F)ccc2N(C)C1. The van der Waals surface area contributed by atoms with Gasteiger partial charge in [0, 0.05) is 32.0 Å². The highest BCUT2D eigenvalue weighted by Gasteiger charge is 2.32. The van der Waals surface area contributed by atoms with Crippen LogP contribution in [0, 0.1) is 0 Å². The summed E-state index contributed by atoms with van der Waals surface area (Å²) in [5.74, 6) is -1.03. The molecule has 226 valence electrons. The number of carboxylic acid groups (broad SMARTS) is 1. The highest BCUT2D eigenvalue weighted by Crippen LogP contribution is 2.41. The van der Waals surface area contributed by atoms with Gasteiger partial charge < -0.3 is 24.2 Å². The molecule has 1 heterocycles. The molecule has 0 saturated heterocycles. The van der Waals surface area contributed by atoms with Crippen LogP contribution >= 0.6 is 0 Å². The lowest BCUT2D eigenvalue weighted by molar-refractivity contribution is -0.274. The van der Waals surface area contributed by atoms with E-state index < -0.39 is 18.4 Å². The molecule has 6 nitrogen and oxygen atoms in total. The van der Waals surface area contributed by atoms with Gasteiger partial charge in [-0.05, 0) is 74.2 Å². The lowest BCUT2D eigenvalue weighted by Gasteiger charge is -2.31. The van der Waals surface area contributed by atoms with Crippen LogP contribution in [0.5, 0.6) is 11.5 Å². The molecule has 0 aromatic heterocycles. The summed E-state index contributed by atoms with van der Waals surface area (Å²) >= 11 is 0. The first kappa shape index (κ1) is 35.3. The molecule has 2 aromatic rings. The third kappa shape index (κ3) is 11.7. The molecule has 0 spiro atoms. The van der Waals surface area contributed by atoms with E-state index in [1.807, 2.05) is 44.9 Å². The summed E-state index contributed by atoms with van der Waals surface area (Å²) in [5, 5.41) is 9.04. The van der Waals surface area contributed by atoms with Gasteiger partial charge in [-0.25, -0.2) is 4.79 Å². The van der Waals surface area contributed by atoms with Crippen LogP contribution in [-0.4, -0.2) is 50.9 Å². The van der Waals surface area contributed by atoms with E-state index in [1.165, 1.54) is 24.6 Å². The molecule has 0 bridgehead atoms. The van der Waals surface area contributed by atoms with Crippen molar-refractivity contribution in [2.45, 2.75) is 60.4 Å². The van der Waals surface area contributed by atoms with Crippen molar-refractivity contribution in [3.8, 4) is 11.5 Å². The second-order valence-corrected chi connectivity index (χ2v) is 9.08. The molecule has 0 amide bonds. The Bertz CT molecular complexity index is 1220. The number of hydrogen-bond donors (Lipinski definition) is 1. The molecule has 41 heavy (non-hydrogen) atoms. The number of likely N-dealkylation sites (N-methyl/N-ethyl adjacent to an activating group) is 1. The topological polar surface area (TPSA) is 68.2 Å². The van der Waals surface area contributed by atoms with Crippen LogP contribution in [-0.2, 0) is 9.53 Å². The minimum atomic E-state index is -4.78. The Morgan fingerprint density at radius 3 is 2.41 bits per heavy atom. The van der Waals surface area contributed by atoms with Crippen LogP contribution in [0.4, 0.5) is 18.9 Å². The van der Waals surface area contributed by atoms with E-state index in [0.717, 1.165) is 28.8 Å². The number of carboxylic acids is 1. The van der Waals surface area contributed by atoms with Gasteiger partial charge in [-0.1, -0.05) is 56.7 Å². The molecule has 3 rings (SSSR count). The minimum Gasteiger partial charge on any atom is -0.479 e. The van der Waals surface area contributed by atoms with Gasteiger partial charge >= 0.3 is 12.3 Å². The van der Waals surface area contributed by atoms with Crippen LogP contribution in [0.15, 0.2) is 71.8 Å². The number of rotatable bonds is 9. The average molecular weight is 578 g/mol. The number of allylic oxidation sites excluding steroid dienone is 3. The quantitative estimate of drug-likeness (QED) is 0.303. The first-order chi connectivity index (χ1) is 19.4. The van der Waals surface area contributed by atoms with Crippen molar-refractivity contribution >= 4 is 17.2 Å². The first-order valence-corrected chi connectivity index (χ1v) is 13.5. The van der Waals surface area contributed by atoms with E-state index in [-0.39, 0.29) is 5.75 Å². The van der Waals surface area contributed by atoms with E-state index in [0.29, 0.717) is 24.5 Å². The van der Waals surface area contributed by atoms with Crippen LogP contribution in [0.2, 0.25) is 0 Å². The first-order valence-electron chi connectivity index (χ1n) is 13.5. The smallest absolute Gasteiger partial charge is 0.479 e. The van der Waals surface area contributed by atoms with Crippen LogP contribution in [0.1, 0.15) is 59.1 Å². The summed E-state index contributed by atoms with van der Waals surface area (Å²) in [4.78, 5) is 13.0. The number of methoxy groups -OCH3 is 1. The Morgan fingerprint density at radius 1 is 1.15 bits per heavy atom. The summed E-state index contributed by atoms with van der Waals surface area (Å²) in [7, 11) is 3.56. The molecule has 1 N–H and O–H groups in total. The van der Waals surface area contributed by atoms with E-state index in [2.05, 4.69) is 30.7 Å². The van der Waals surface area contributed by atoms with Gasteiger partial charge in [0.1, 0.15) is 11.5 Å². The number of benzene rings is 2. The largest absolute Gasteiger partial charge is 0.573 e. The number of carbonyl (C=O) groups is 1. The molecular weight excluding hydrogens is 535 g/mol. The van der Waals surface area contributed by atoms with Crippen molar-refractivity contribution < 1.29 is 37.3 Å². The van der Waals surface area contributed by atoms with Crippen molar-refractivity contribution in [2.24, 2.45) is 0 Å². The Morgan fingerprint density at radius 2 is 1.83 bits per heavy atom. The molecule has 1 aliphatic rings. The summed E-state index contributed by atoms with van der Waals surface area (Å²) in [6.45, 7) is 12.8. The summed E-state index contributed by atoms with van der Waals surface area (Å²) in [5.41, 5.74) is 5.11. The molecule has 0 fully saturated rings. The van der Waals surface area contributed by atoms with Gasteiger partial charge in [-0.3, -0.25) is 0 Å². The molecule has 0 unspecified atom stereocenters. The standard InChI is InChI=1S/C21H20F3NO4.C9H16O.C2H6/c1-12-11-25(3)18-8-7-16(29-21(22,23)24)10-17(18)19(12)14-5-4-6-15(9-14)28-13(2)20(26)27;1-4-6-9(2)7-5-8-10-3;1-2/h4-10,13H,11H2,1-3H3,(H,26,27);5-7H,4,8H2,1-3H3;1-2H3/b;7-5-,9-6-;/t13-;;/m0../s1. The van der Waals surface area contributed by atoms with Gasteiger partial charge in [0.2, 0.25) is 0 Å². The molecule has 0 saturated carbocycles. The Kier molecular flexibility index (Phi) is 14.8. The fourth-order valence-corrected chi connectivity index (χ4v) is 4.10. The van der Waals surface area contributed by atoms with Gasteiger partial charge in [-0.15, -0.1) is 13.2 Å². The normalized spacial score (nSPS) is 13.9. The average Bonchev–Trinajstić information content (AvgIpc) is 2.89. The fourth-order valence-electron chi connectivity index (χ4n) is 4.10. The monoisotopic (exact) mass is 577 g/mol. The molecule has 2 aromatic carbocycles. The third-order valence-electron chi connectivity index (χ3n) is 5.74. The summed E-state index contributed by atoms with van der Waals surface area (Å²) < 4.78 is 52.4. The maximum atomic E-state index is 12.7. The van der Waals surface area contributed by atoms with Crippen molar-refractivity contribution in [3.05, 3.63) is 83.0 Å². The van der Waals surface area contributed by atoms with Crippen LogP contribution < -0.4 is 14.4 Å². The summed E-state index contributed by atoms with van der Waals surface area (Å²) in [6.07, 6.45) is 1.56. The molecule has 1 aliphatic heterocycles. The second-order valence-electron chi connectivity index (χ2n) is 9.08. The Labute approximate surface area is 241 Å². The van der Waals surface area contributed by atoms with E-state index in [9.17, 15) is 18.0 Å². The second kappa shape index (κ2) is 17.2. The van der Waals surface area contributed by atoms with Crippen molar-refractivity contribution in [1.29, 1.82) is 0 Å². The lowest BCUT2D eigenvalue weighted by atomic mass is 9.89. The number of hydrogen-bond acceptors (Lipinski definition) is 5. The highest BCUT2D eigenvalue weighted by atomic mass is 19.4. The Hall–Kier alpha value is -3.72. The zero-order chi connectivity index (χ0) is 31.2. The summed E-state index contributed by atoms with van der Waals surface area (Å²) in [6, 6.07) is 11.1. The predicted molar refractivity (Wildman–Crippen MR) is 159 cm³/mol. The van der Waals surface area contributed by atoms with Crippen LogP contribution in [0.3, 0.4) is 0 Å².